The van der Waals surface area contributed by atoms with Gasteiger partial charge in [-0.05, 0) is 185 Å². The van der Waals surface area contributed by atoms with Gasteiger partial charge in [0.15, 0.2) is 73.7 Å². The average Bonchev–Trinajstić information content (AvgIpc) is 1.60. The number of hydrogen-bond donors (Lipinski definition) is 0. The second-order valence-corrected chi connectivity index (χ2v) is 34.6. The molecule has 0 aliphatic carbocycles. The summed E-state index contributed by atoms with van der Waals surface area (Å²) in [4.78, 5) is 86.2. The van der Waals surface area contributed by atoms with Gasteiger partial charge >= 0.3 is 0 Å². The first-order chi connectivity index (χ1) is 70.3. The van der Waals surface area contributed by atoms with Gasteiger partial charge in [-0.3, -0.25) is 37.4 Å². The number of pyridine rings is 2. The van der Waals surface area contributed by atoms with Gasteiger partial charge in [-0.25, -0.2) is 78.6 Å². The Morgan fingerprint density at radius 2 is 0.566 bits per heavy atom. The molecular weight excluding hydrogens is 1780 g/mol. The predicted octanol–water partition coefficient (Wildman–Crippen LogP) is 25.9. The van der Waals surface area contributed by atoms with Crippen molar-refractivity contribution >= 4 is 160 Å². The number of para-hydroxylation sites is 10. The Balaban J connectivity index is 0.000000102. The fourth-order valence-electron chi connectivity index (χ4n) is 19.8. The van der Waals surface area contributed by atoms with Gasteiger partial charge in [-0.15, -0.1) is 0 Å². The Hall–Kier alpha value is -19.5. The van der Waals surface area contributed by atoms with Crippen molar-refractivity contribution in [2.24, 2.45) is 0 Å². The summed E-state index contributed by atoms with van der Waals surface area (Å²) in [6.07, 6.45) is 11.8. The highest BCUT2D eigenvalue weighted by Gasteiger charge is 2.29. The van der Waals surface area contributed by atoms with Gasteiger partial charge in [0.25, 0.3) is 0 Å². The SMILES string of the molecule is C=Cc1c(C)c2ccccc2n1-c1nc(-n2c3ccccc3c3ccccc32)c2ncc(-n3c(C)c(C)c4ccccc43)nc2n1.Cc1nc2ncnc(-n3c4ccccc4c4ccccc43)c2nc1C.Fc1ccc(-c2nc3ncnc(-n4c5ccccc5c5ccccc54)c3nc2-c2ccc(F)cc2)cc1.c1ccc(-c2nc3ncnc(-n4c5ccccc5c5ccccc54)c3nc2-c2ccccn2)nc1. The van der Waals surface area contributed by atoms with E-state index in [0.717, 1.165) is 133 Å². The molecule has 28 rings (SSSR count). The Bertz CT molecular complexity index is 9800. The lowest BCUT2D eigenvalue weighted by Gasteiger charge is -2.15. The Labute approximate surface area is 812 Å². The highest BCUT2D eigenvalue weighted by atomic mass is 19.1. The van der Waals surface area contributed by atoms with E-state index >= 15 is 0 Å². The number of hydrogen-bond acceptors (Lipinski definition) is 18. The molecule has 16 heterocycles. The molecule has 16 aromatic heterocycles. The van der Waals surface area contributed by atoms with Gasteiger partial charge < -0.3 is 0 Å². The van der Waals surface area contributed by atoms with Gasteiger partial charge in [0.05, 0.1) is 101 Å². The van der Waals surface area contributed by atoms with Crippen molar-refractivity contribution in [1.29, 1.82) is 0 Å². The van der Waals surface area contributed by atoms with E-state index < -0.39 is 0 Å². The minimum absolute atomic E-state index is 0.350. The zero-order chi connectivity index (χ0) is 96.2. The van der Waals surface area contributed by atoms with Crippen LogP contribution >= 0.6 is 0 Å². The lowest BCUT2D eigenvalue weighted by atomic mass is 10.0. The van der Waals surface area contributed by atoms with E-state index in [2.05, 4.69) is 271 Å². The third-order valence-electron chi connectivity index (χ3n) is 26.6. The molecule has 0 amide bonds. The largest absolute Gasteiger partial charge is 0.297 e. The molecule has 0 fully saturated rings. The van der Waals surface area contributed by atoms with Gasteiger partial charge in [0.1, 0.15) is 42.0 Å². The Kier molecular flexibility index (Phi) is 20.8. The van der Waals surface area contributed by atoms with Crippen LogP contribution in [0.3, 0.4) is 0 Å². The summed E-state index contributed by atoms with van der Waals surface area (Å²) < 4.78 is 40.3. The topological polar surface area (TPSA) is 262 Å². The van der Waals surface area contributed by atoms with E-state index in [0.29, 0.717) is 114 Å². The molecule has 0 N–H and O–H groups in total. The van der Waals surface area contributed by atoms with Crippen molar-refractivity contribution in [1.82, 2.24) is 117 Å². The number of fused-ring (bicyclic) bond motifs is 18. The van der Waals surface area contributed by atoms with Crippen molar-refractivity contribution in [2.75, 3.05) is 0 Å². The van der Waals surface area contributed by atoms with E-state index in [1.54, 1.807) is 49.3 Å². The summed E-state index contributed by atoms with van der Waals surface area (Å²) >= 11 is 0. The minimum Gasteiger partial charge on any atom is -0.297 e. The van der Waals surface area contributed by atoms with E-state index in [1.165, 1.54) is 52.3 Å². The quantitative estimate of drug-likeness (QED) is 0.116. The van der Waals surface area contributed by atoms with Crippen LogP contribution in [0, 0.1) is 46.3 Å². The number of benzene rings is 12. The monoisotopic (exact) mass is 1860 g/mol. The van der Waals surface area contributed by atoms with Gasteiger partial charge in [0.2, 0.25) is 5.95 Å². The van der Waals surface area contributed by atoms with E-state index in [1.807, 2.05) is 129 Å². The van der Waals surface area contributed by atoms with E-state index in [4.69, 9.17) is 49.8 Å². The standard InChI is InChI=1S/C39H29N7.C30H17F2N5.C28H17N7.C20H15N5/c1-5-30-24(3)27-15-7-11-19-32(27)46(30)39-42-37-36(40-22-35(41-37)44-25(4)23(2)26-14-6-10-18-31(26)44)38(43-39)45-33-20-12-8-16-28(33)29-17-9-13-21-34(29)45;31-20-13-9-18(10-14-20)26-27(19-11-15-21(32)16-12-19)36-29-28(35-26)30(34-17-33-29)37-24-7-3-1-5-22(24)23-6-2-4-8-25(23)37;1-3-13-22-18(9-1)19-10-2-4-14-23(19)35(22)28-26-27(31-17-32-28)34-25(21-12-6-8-16-30-21)24(33-26)20-11-5-7-15-29-20;1-12-13(2)24-19-18(23-12)20(22-11-21-19)25-16-9-5-3-7-14(16)15-8-4-6-10-17(15)25/h5-22H,1H2,2-4H3;1-17H;1-17H;3-11H,1-2H3. The van der Waals surface area contributed by atoms with Crippen LogP contribution in [0.2, 0.25) is 0 Å². The lowest BCUT2D eigenvalue weighted by Crippen LogP contribution is -2.11. The van der Waals surface area contributed by atoms with Crippen LogP contribution in [-0.2, 0) is 0 Å². The van der Waals surface area contributed by atoms with Crippen LogP contribution in [0.1, 0.15) is 33.9 Å². The molecule has 28 aromatic rings. The van der Waals surface area contributed by atoms with Crippen molar-refractivity contribution in [3.63, 3.8) is 0 Å². The van der Waals surface area contributed by atoms with Gasteiger partial charge in [-0.2, -0.15) is 9.97 Å². The van der Waals surface area contributed by atoms with Crippen LogP contribution < -0.4 is 0 Å². The second kappa shape index (κ2) is 34.9. The Morgan fingerprint density at radius 3 is 0.965 bits per heavy atom. The molecule has 143 heavy (non-hydrogen) atoms. The molecule has 0 atom stereocenters. The number of aryl methyl sites for hydroxylation is 4. The van der Waals surface area contributed by atoms with Crippen LogP contribution in [0.15, 0.2) is 372 Å². The number of rotatable bonds is 11. The molecular formula is C117H78F2N24. The third kappa shape index (κ3) is 14.4. The molecule has 0 aliphatic heterocycles. The fraction of sp³-hybridized carbons (Fsp3) is 0.0427. The van der Waals surface area contributed by atoms with Crippen molar-refractivity contribution in [3.05, 3.63) is 417 Å². The maximum absolute atomic E-state index is 13.8. The molecule has 26 heteroatoms. The van der Waals surface area contributed by atoms with Crippen molar-refractivity contribution in [3.8, 4) is 80.3 Å². The van der Waals surface area contributed by atoms with Crippen LogP contribution in [0.5, 0.6) is 0 Å². The number of nitrogens with zero attached hydrogens (tertiary/aromatic N) is 24. The smallest absolute Gasteiger partial charge is 0.238 e. The summed E-state index contributed by atoms with van der Waals surface area (Å²) in [6.45, 7) is 14.5. The second-order valence-electron chi connectivity index (χ2n) is 34.6. The summed E-state index contributed by atoms with van der Waals surface area (Å²) in [5.74, 6) is 3.22. The first kappa shape index (κ1) is 85.2. The van der Waals surface area contributed by atoms with Crippen molar-refractivity contribution < 1.29 is 8.78 Å². The molecule has 0 saturated carbocycles. The highest BCUT2D eigenvalue weighted by molar-refractivity contribution is 6.14. The van der Waals surface area contributed by atoms with Crippen LogP contribution in [0.25, 0.3) is 240 Å². The highest BCUT2D eigenvalue weighted by Crippen LogP contribution is 2.43. The maximum Gasteiger partial charge on any atom is 0.238 e. The summed E-state index contributed by atoms with van der Waals surface area (Å²) in [6, 6.07) is 107. The van der Waals surface area contributed by atoms with Crippen molar-refractivity contribution in [2.45, 2.75) is 34.6 Å². The van der Waals surface area contributed by atoms with E-state index in [-0.39, 0.29) is 11.6 Å². The number of halogens is 2. The first-order valence-electron chi connectivity index (χ1n) is 46.5. The zero-order valence-electron chi connectivity index (χ0n) is 77.4. The van der Waals surface area contributed by atoms with Crippen LogP contribution in [-0.4, -0.2) is 117 Å². The summed E-state index contributed by atoms with van der Waals surface area (Å²) in [7, 11) is 0. The molecule has 0 saturated heterocycles. The lowest BCUT2D eigenvalue weighted by molar-refractivity contribution is 0.627. The summed E-state index contributed by atoms with van der Waals surface area (Å²) in [5.41, 5.74) is 26.2. The molecule has 0 aliphatic rings. The normalized spacial score (nSPS) is 11.6. The Morgan fingerprint density at radius 1 is 0.245 bits per heavy atom. The molecule has 0 spiro atoms. The van der Waals surface area contributed by atoms with Crippen LogP contribution in [0.4, 0.5) is 8.78 Å². The molecule has 0 bridgehead atoms. The summed E-state index contributed by atoms with van der Waals surface area (Å²) in [5, 5.41) is 11.5. The van der Waals surface area contributed by atoms with E-state index in [9.17, 15) is 8.78 Å². The molecule has 24 nitrogen and oxygen atoms in total. The van der Waals surface area contributed by atoms with Gasteiger partial charge in [0, 0.05) is 83.1 Å². The average molecular weight is 1860 g/mol. The first-order valence-corrected chi connectivity index (χ1v) is 46.5. The minimum atomic E-state index is -0.352. The predicted molar refractivity (Wildman–Crippen MR) is 563 cm³/mol. The molecule has 0 unspecified atom stereocenters. The van der Waals surface area contributed by atoms with Gasteiger partial charge in [-0.1, -0.05) is 201 Å². The molecule has 680 valence electrons. The molecule has 0 radical (unpaired) electrons. The number of aromatic nitrogens is 24. The third-order valence-corrected chi connectivity index (χ3v) is 26.6. The fourth-order valence-corrected chi connectivity index (χ4v) is 19.8. The zero-order valence-corrected chi connectivity index (χ0v) is 77.4. The maximum atomic E-state index is 13.8. The molecule has 12 aromatic carbocycles.